The molecule has 0 aliphatic carbocycles. The number of hydrogen-bond donors (Lipinski definition) is 1. The SMILES string of the molecule is NC(=O)c1ccc2c(c1)N(C(=O)OCc1ccccc1)CC2. The van der Waals surface area contributed by atoms with E-state index in [1.165, 1.54) is 0 Å². The summed E-state index contributed by atoms with van der Waals surface area (Å²) in [6, 6.07) is 14.7. The highest BCUT2D eigenvalue weighted by molar-refractivity contribution is 5.97. The van der Waals surface area contributed by atoms with Crippen LogP contribution in [0.25, 0.3) is 0 Å². The van der Waals surface area contributed by atoms with Gasteiger partial charge in [-0.3, -0.25) is 9.69 Å². The van der Waals surface area contributed by atoms with Gasteiger partial charge in [-0.1, -0.05) is 36.4 Å². The van der Waals surface area contributed by atoms with E-state index in [0.29, 0.717) is 17.8 Å². The van der Waals surface area contributed by atoms with Crippen molar-refractivity contribution < 1.29 is 14.3 Å². The monoisotopic (exact) mass is 296 g/mol. The second-order valence-corrected chi connectivity index (χ2v) is 5.15. The molecule has 1 aliphatic heterocycles. The minimum absolute atomic E-state index is 0.223. The van der Waals surface area contributed by atoms with E-state index >= 15 is 0 Å². The molecule has 0 aromatic heterocycles. The molecule has 0 atom stereocenters. The van der Waals surface area contributed by atoms with Gasteiger partial charge in [-0.05, 0) is 29.7 Å². The Bertz CT molecular complexity index is 713. The van der Waals surface area contributed by atoms with Crippen LogP contribution in [0.3, 0.4) is 0 Å². The summed E-state index contributed by atoms with van der Waals surface area (Å²) in [5, 5.41) is 0. The van der Waals surface area contributed by atoms with Gasteiger partial charge in [-0.15, -0.1) is 0 Å². The highest BCUT2D eigenvalue weighted by Gasteiger charge is 2.26. The molecule has 22 heavy (non-hydrogen) atoms. The Kier molecular flexibility index (Phi) is 3.78. The topological polar surface area (TPSA) is 72.6 Å². The highest BCUT2D eigenvalue weighted by atomic mass is 16.6. The molecular weight excluding hydrogens is 280 g/mol. The number of carbonyl (C=O) groups excluding carboxylic acids is 2. The number of nitrogens with two attached hydrogens (primary N) is 1. The first-order valence-corrected chi connectivity index (χ1v) is 7.06. The lowest BCUT2D eigenvalue weighted by Gasteiger charge is -2.17. The van der Waals surface area contributed by atoms with Crippen LogP contribution in [0.15, 0.2) is 48.5 Å². The normalized spacial score (nSPS) is 12.8. The Hall–Kier alpha value is -2.82. The quantitative estimate of drug-likeness (QED) is 0.945. The lowest BCUT2D eigenvalue weighted by Crippen LogP contribution is -2.29. The molecule has 5 heteroatoms. The molecule has 1 heterocycles. The Morgan fingerprint density at radius 3 is 2.64 bits per heavy atom. The van der Waals surface area contributed by atoms with E-state index in [9.17, 15) is 9.59 Å². The van der Waals surface area contributed by atoms with E-state index in [0.717, 1.165) is 17.5 Å². The number of fused-ring (bicyclic) bond motifs is 1. The molecule has 0 spiro atoms. The van der Waals surface area contributed by atoms with E-state index in [2.05, 4.69) is 0 Å². The second kappa shape index (κ2) is 5.89. The van der Waals surface area contributed by atoms with E-state index in [4.69, 9.17) is 10.5 Å². The minimum Gasteiger partial charge on any atom is -0.444 e. The third-order valence-electron chi connectivity index (χ3n) is 3.69. The maximum atomic E-state index is 12.3. The van der Waals surface area contributed by atoms with Crippen LogP contribution in [-0.4, -0.2) is 18.5 Å². The fraction of sp³-hybridized carbons (Fsp3) is 0.176. The van der Waals surface area contributed by atoms with Crippen molar-refractivity contribution in [3.05, 3.63) is 65.2 Å². The maximum absolute atomic E-state index is 12.3. The summed E-state index contributed by atoms with van der Waals surface area (Å²) in [6.45, 7) is 0.770. The lowest BCUT2D eigenvalue weighted by atomic mass is 10.1. The average Bonchev–Trinajstić information content (AvgIpc) is 2.96. The Balaban J connectivity index is 1.73. The molecule has 2 N–H and O–H groups in total. The molecular formula is C17H16N2O3. The fourth-order valence-electron chi connectivity index (χ4n) is 2.52. The van der Waals surface area contributed by atoms with Gasteiger partial charge in [0, 0.05) is 12.1 Å². The van der Waals surface area contributed by atoms with Crippen LogP contribution in [0.1, 0.15) is 21.5 Å². The molecule has 0 fully saturated rings. The van der Waals surface area contributed by atoms with Crippen molar-refractivity contribution in [1.82, 2.24) is 0 Å². The minimum atomic E-state index is -0.507. The molecule has 5 nitrogen and oxygen atoms in total. The zero-order valence-electron chi connectivity index (χ0n) is 12.0. The molecule has 112 valence electrons. The van der Waals surface area contributed by atoms with E-state index in [1.807, 2.05) is 36.4 Å². The summed E-state index contributed by atoms with van der Waals surface area (Å²) >= 11 is 0. The summed E-state index contributed by atoms with van der Waals surface area (Å²) in [4.78, 5) is 25.1. The van der Waals surface area contributed by atoms with Crippen LogP contribution in [-0.2, 0) is 17.8 Å². The number of ether oxygens (including phenoxy) is 1. The molecule has 2 amide bonds. The second-order valence-electron chi connectivity index (χ2n) is 5.15. The Morgan fingerprint density at radius 2 is 1.91 bits per heavy atom. The predicted molar refractivity (Wildman–Crippen MR) is 82.6 cm³/mol. The van der Waals surface area contributed by atoms with Gasteiger partial charge in [0.25, 0.3) is 0 Å². The number of primary amides is 1. The van der Waals surface area contributed by atoms with Gasteiger partial charge in [-0.25, -0.2) is 4.79 Å². The molecule has 0 radical (unpaired) electrons. The van der Waals surface area contributed by atoms with Crippen molar-refractivity contribution in [2.75, 3.05) is 11.4 Å². The lowest BCUT2D eigenvalue weighted by molar-refractivity contribution is 0.1000. The summed E-state index contributed by atoms with van der Waals surface area (Å²) in [5.41, 5.74) is 8.33. The smallest absolute Gasteiger partial charge is 0.414 e. The maximum Gasteiger partial charge on any atom is 0.414 e. The molecule has 2 aromatic carbocycles. The number of carbonyl (C=O) groups is 2. The van der Waals surface area contributed by atoms with Gasteiger partial charge in [0.15, 0.2) is 0 Å². The van der Waals surface area contributed by atoms with Crippen LogP contribution in [0.2, 0.25) is 0 Å². The third-order valence-corrected chi connectivity index (χ3v) is 3.69. The van der Waals surface area contributed by atoms with Crippen LogP contribution in [0.5, 0.6) is 0 Å². The number of nitrogens with zero attached hydrogens (tertiary/aromatic N) is 1. The summed E-state index contributed by atoms with van der Waals surface area (Å²) in [6.07, 6.45) is 0.332. The Morgan fingerprint density at radius 1 is 1.14 bits per heavy atom. The van der Waals surface area contributed by atoms with E-state index in [-0.39, 0.29) is 6.61 Å². The third kappa shape index (κ3) is 2.79. The molecule has 0 bridgehead atoms. The van der Waals surface area contributed by atoms with Crippen molar-refractivity contribution >= 4 is 17.7 Å². The average molecular weight is 296 g/mol. The van der Waals surface area contributed by atoms with Crippen molar-refractivity contribution in [1.29, 1.82) is 0 Å². The first-order chi connectivity index (χ1) is 10.6. The zero-order chi connectivity index (χ0) is 15.5. The van der Waals surface area contributed by atoms with Crippen molar-refractivity contribution in [3.8, 4) is 0 Å². The molecule has 2 aromatic rings. The molecule has 1 aliphatic rings. The van der Waals surface area contributed by atoms with E-state index < -0.39 is 12.0 Å². The van der Waals surface area contributed by atoms with Gasteiger partial charge in [-0.2, -0.15) is 0 Å². The zero-order valence-corrected chi connectivity index (χ0v) is 12.0. The van der Waals surface area contributed by atoms with Crippen LogP contribution in [0, 0.1) is 0 Å². The van der Waals surface area contributed by atoms with Gasteiger partial charge in [0.1, 0.15) is 6.61 Å². The van der Waals surface area contributed by atoms with Crippen molar-refractivity contribution in [2.24, 2.45) is 5.73 Å². The summed E-state index contributed by atoms with van der Waals surface area (Å²) in [7, 11) is 0. The number of anilines is 1. The van der Waals surface area contributed by atoms with Crippen LogP contribution >= 0.6 is 0 Å². The first-order valence-electron chi connectivity index (χ1n) is 7.06. The number of hydrogen-bond acceptors (Lipinski definition) is 3. The first kappa shape index (κ1) is 14.1. The summed E-state index contributed by atoms with van der Waals surface area (Å²) in [5.74, 6) is -0.507. The summed E-state index contributed by atoms with van der Waals surface area (Å²) < 4.78 is 5.34. The van der Waals surface area contributed by atoms with Gasteiger partial charge in [0.2, 0.25) is 5.91 Å². The standard InChI is InChI=1S/C17H16N2O3/c18-16(20)14-7-6-13-8-9-19(15(13)10-14)17(21)22-11-12-4-2-1-3-5-12/h1-7,10H,8-9,11H2,(H2,18,20). The van der Waals surface area contributed by atoms with Gasteiger partial charge < -0.3 is 10.5 Å². The molecule has 3 rings (SSSR count). The number of benzene rings is 2. The number of rotatable bonds is 3. The van der Waals surface area contributed by atoms with Crippen LogP contribution in [0.4, 0.5) is 10.5 Å². The molecule has 0 saturated carbocycles. The van der Waals surface area contributed by atoms with Gasteiger partial charge in [0.05, 0.1) is 5.69 Å². The van der Waals surface area contributed by atoms with Crippen molar-refractivity contribution in [2.45, 2.75) is 13.0 Å². The van der Waals surface area contributed by atoms with E-state index in [1.54, 1.807) is 17.0 Å². The van der Waals surface area contributed by atoms with Gasteiger partial charge >= 0.3 is 6.09 Å². The molecule has 0 unspecified atom stereocenters. The van der Waals surface area contributed by atoms with Crippen molar-refractivity contribution in [3.63, 3.8) is 0 Å². The highest BCUT2D eigenvalue weighted by Crippen LogP contribution is 2.29. The van der Waals surface area contributed by atoms with Crippen LogP contribution < -0.4 is 10.6 Å². The predicted octanol–water partition coefficient (Wildman–Crippen LogP) is 2.48. The fourth-order valence-corrected chi connectivity index (χ4v) is 2.52. The number of amides is 2. The largest absolute Gasteiger partial charge is 0.444 e. The Labute approximate surface area is 128 Å². The molecule has 0 saturated heterocycles.